The van der Waals surface area contributed by atoms with E-state index in [1.165, 1.54) is 11.5 Å². The van der Waals surface area contributed by atoms with Gasteiger partial charge in [-0.3, -0.25) is 4.79 Å². The number of hydrogen-bond donors (Lipinski definition) is 1. The third-order valence-electron chi connectivity index (χ3n) is 5.38. The lowest BCUT2D eigenvalue weighted by molar-refractivity contribution is -0.112. The number of anilines is 1. The predicted molar refractivity (Wildman–Crippen MR) is 135 cm³/mol. The van der Waals surface area contributed by atoms with Crippen molar-refractivity contribution < 1.29 is 14.3 Å². The van der Waals surface area contributed by atoms with Gasteiger partial charge in [0.1, 0.15) is 18.2 Å². The number of fused-ring (bicyclic) bond motifs is 1. The minimum Gasteiger partial charge on any atom is -0.493 e. The van der Waals surface area contributed by atoms with Gasteiger partial charge < -0.3 is 14.8 Å². The molecular formula is C29H24N2O3. The summed E-state index contributed by atoms with van der Waals surface area (Å²) in [4.78, 5) is 12.5. The van der Waals surface area contributed by atoms with Gasteiger partial charge in [-0.25, -0.2) is 0 Å². The number of methoxy groups -OCH3 is 1. The Labute approximate surface area is 198 Å². The number of benzene rings is 4. The lowest BCUT2D eigenvalue weighted by Gasteiger charge is -2.12. The van der Waals surface area contributed by atoms with Crippen molar-refractivity contribution in [1.82, 2.24) is 0 Å². The normalized spacial score (nSPS) is 11.0. The Morgan fingerprint density at radius 1 is 0.941 bits per heavy atom. The molecule has 0 radical (unpaired) electrons. The first-order valence-corrected chi connectivity index (χ1v) is 10.8. The molecule has 0 bridgehead atoms. The van der Waals surface area contributed by atoms with E-state index in [0.29, 0.717) is 29.4 Å². The first-order chi connectivity index (χ1) is 16.6. The molecule has 0 aliphatic heterocycles. The second kappa shape index (κ2) is 10.4. The highest BCUT2D eigenvalue weighted by Gasteiger charge is 2.11. The number of nitriles is 1. The third kappa shape index (κ3) is 5.43. The van der Waals surface area contributed by atoms with Gasteiger partial charge in [0, 0.05) is 5.69 Å². The molecule has 0 aliphatic rings. The number of hydrogen-bond acceptors (Lipinski definition) is 4. The number of ether oxygens (including phenoxy) is 2. The number of rotatable bonds is 7. The zero-order chi connectivity index (χ0) is 23.9. The molecule has 0 saturated carbocycles. The van der Waals surface area contributed by atoms with E-state index in [1.807, 2.05) is 43.3 Å². The van der Waals surface area contributed by atoms with Crippen molar-refractivity contribution in [1.29, 1.82) is 5.26 Å². The van der Waals surface area contributed by atoms with E-state index in [4.69, 9.17) is 9.47 Å². The van der Waals surface area contributed by atoms with Crippen molar-refractivity contribution in [2.45, 2.75) is 13.5 Å². The van der Waals surface area contributed by atoms with Gasteiger partial charge in [-0.15, -0.1) is 0 Å². The number of amides is 1. The molecule has 0 saturated heterocycles. The maximum atomic E-state index is 12.5. The fourth-order valence-corrected chi connectivity index (χ4v) is 3.53. The van der Waals surface area contributed by atoms with Gasteiger partial charge in [0.25, 0.3) is 5.91 Å². The number of carbonyl (C=O) groups is 1. The van der Waals surface area contributed by atoms with Crippen LogP contribution in [0.2, 0.25) is 0 Å². The fourth-order valence-electron chi connectivity index (χ4n) is 3.53. The second-order valence-electron chi connectivity index (χ2n) is 7.87. The molecule has 0 fully saturated rings. The van der Waals surface area contributed by atoms with Gasteiger partial charge in [-0.1, -0.05) is 60.2 Å². The van der Waals surface area contributed by atoms with Gasteiger partial charge in [0.15, 0.2) is 11.5 Å². The first-order valence-electron chi connectivity index (χ1n) is 10.8. The average molecular weight is 449 g/mol. The van der Waals surface area contributed by atoms with Crippen LogP contribution in [0.4, 0.5) is 5.69 Å². The van der Waals surface area contributed by atoms with Crippen LogP contribution >= 0.6 is 0 Å². The smallest absolute Gasteiger partial charge is 0.266 e. The summed E-state index contributed by atoms with van der Waals surface area (Å²) in [6.45, 7) is 2.35. The van der Waals surface area contributed by atoms with Crippen molar-refractivity contribution in [3.63, 3.8) is 0 Å². The summed E-state index contributed by atoms with van der Waals surface area (Å²) in [6, 6.07) is 29.1. The van der Waals surface area contributed by atoms with Crippen LogP contribution in [-0.2, 0) is 11.4 Å². The summed E-state index contributed by atoms with van der Waals surface area (Å²) >= 11 is 0. The summed E-state index contributed by atoms with van der Waals surface area (Å²) in [6.07, 6.45) is 1.53. The van der Waals surface area contributed by atoms with Crippen LogP contribution < -0.4 is 14.8 Å². The van der Waals surface area contributed by atoms with E-state index >= 15 is 0 Å². The van der Waals surface area contributed by atoms with Crippen molar-refractivity contribution in [3.05, 3.63) is 107 Å². The maximum Gasteiger partial charge on any atom is 0.266 e. The van der Waals surface area contributed by atoms with Gasteiger partial charge in [0.2, 0.25) is 0 Å². The standard InChI is InChI=1S/C29H24N2O3/c1-20-7-12-26(13-8-20)31-29(32)25(18-30)15-21-10-14-27(28(17-21)33-2)34-19-22-9-11-23-5-3-4-6-24(23)16-22/h3-17H,19H2,1-2H3,(H,31,32)/b25-15+. The van der Waals surface area contributed by atoms with Gasteiger partial charge >= 0.3 is 0 Å². The molecule has 0 spiro atoms. The molecule has 34 heavy (non-hydrogen) atoms. The average Bonchev–Trinajstić information content (AvgIpc) is 2.87. The molecule has 5 heteroatoms. The fraction of sp³-hybridized carbons (Fsp3) is 0.103. The van der Waals surface area contributed by atoms with E-state index in [2.05, 4.69) is 29.6 Å². The molecule has 0 aromatic heterocycles. The number of carbonyl (C=O) groups excluding carboxylic acids is 1. The van der Waals surface area contributed by atoms with E-state index in [9.17, 15) is 10.1 Å². The molecule has 1 amide bonds. The molecule has 4 aromatic rings. The molecule has 5 nitrogen and oxygen atoms in total. The second-order valence-corrected chi connectivity index (χ2v) is 7.87. The molecule has 0 heterocycles. The van der Waals surface area contributed by atoms with Crippen LogP contribution in [0.3, 0.4) is 0 Å². The molecule has 4 rings (SSSR count). The van der Waals surface area contributed by atoms with Gasteiger partial charge in [-0.2, -0.15) is 5.26 Å². The molecule has 1 N–H and O–H groups in total. The quantitative estimate of drug-likeness (QED) is 0.267. The van der Waals surface area contributed by atoms with E-state index in [-0.39, 0.29) is 5.57 Å². The Hall–Kier alpha value is -4.56. The summed E-state index contributed by atoms with van der Waals surface area (Å²) < 4.78 is 11.5. The Balaban J connectivity index is 1.48. The molecule has 4 aromatic carbocycles. The summed E-state index contributed by atoms with van der Waals surface area (Å²) in [5.41, 5.74) is 3.41. The van der Waals surface area contributed by atoms with Crippen LogP contribution in [0.1, 0.15) is 16.7 Å². The zero-order valence-electron chi connectivity index (χ0n) is 19.0. The van der Waals surface area contributed by atoms with Crippen molar-refractivity contribution in [2.75, 3.05) is 12.4 Å². The third-order valence-corrected chi connectivity index (χ3v) is 5.38. The minimum atomic E-state index is -0.470. The molecule has 0 aliphatic carbocycles. The van der Waals surface area contributed by atoms with Crippen LogP contribution in [0.15, 0.2) is 90.5 Å². The lowest BCUT2D eigenvalue weighted by atomic mass is 10.1. The Morgan fingerprint density at radius 3 is 2.44 bits per heavy atom. The lowest BCUT2D eigenvalue weighted by Crippen LogP contribution is -2.13. The molecule has 0 unspecified atom stereocenters. The van der Waals surface area contributed by atoms with Gasteiger partial charge in [-0.05, 0) is 65.2 Å². The summed E-state index contributed by atoms with van der Waals surface area (Å²) in [7, 11) is 1.56. The van der Waals surface area contributed by atoms with Crippen molar-refractivity contribution >= 4 is 28.4 Å². The van der Waals surface area contributed by atoms with Crippen LogP contribution in [0.25, 0.3) is 16.8 Å². The molecule has 0 atom stereocenters. The maximum absolute atomic E-state index is 12.5. The van der Waals surface area contributed by atoms with Crippen molar-refractivity contribution in [2.24, 2.45) is 0 Å². The van der Waals surface area contributed by atoms with Crippen LogP contribution in [0.5, 0.6) is 11.5 Å². The van der Waals surface area contributed by atoms with Gasteiger partial charge in [0.05, 0.1) is 7.11 Å². The largest absolute Gasteiger partial charge is 0.493 e. The Bertz CT molecular complexity index is 1400. The monoisotopic (exact) mass is 448 g/mol. The summed E-state index contributed by atoms with van der Waals surface area (Å²) in [5, 5.41) is 14.6. The highest BCUT2D eigenvalue weighted by molar-refractivity contribution is 6.09. The van der Waals surface area contributed by atoms with Crippen molar-refractivity contribution in [3.8, 4) is 17.6 Å². The number of aryl methyl sites for hydroxylation is 1. The first kappa shape index (κ1) is 22.6. The molecular weight excluding hydrogens is 424 g/mol. The highest BCUT2D eigenvalue weighted by Crippen LogP contribution is 2.30. The molecule has 168 valence electrons. The Kier molecular flexibility index (Phi) is 6.90. The SMILES string of the molecule is COc1cc(/C=C(\C#N)C(=O)Nc2ccc(C)cc2)ccc1OCc1ccc2ccccc2c1. The topological polar surface area (TPSA) is 71.3 Å². The number of nitrogens with one attached hydrogen (secondary N) is 1. The Morgan fingerprint density at radius 2 is 1.71 bits per heavy atom. The minimum absolute atomic E-state index is 0.00698. The van der Waals surface area contributed by atoms with E-state index in [0.717, 1.165) is 16.5 Å². The summed E-state index contributed by atoms with van der Waals surface area (Å²) in [5.74, 6) is 0.628. The van der Waals surface area contributed by atoms with Crippen LogP contribution in [0, 0.1) is 18.3 Å². The van der Waals surface area contributed by atoms with E-state index in [1.54, 1.807) is 37.4 Å². The number of nitrogens with zero attached hydrogens (tertiary/aromatic N) is 1. The zero-order valence-corrected chi connectivity index (χ0v) is 19.0. The predicted octanol–water partition coefficient (Wildman–Crippen LogP) is 6.28. The highest BCUT2D eigenvalue weighted by atomic mass is 16.5. The van der Waals surface area contributed by atoms with Crippen LogP contribution in [-0.4, -0.2) is 13.0 Å². The van der Waals surface area contributed by atoms with E-state index < -0.39 is 5.91 Å².